The smallest absolute Gasteiger partial charge is 0.238 e. The maximum Gasteiger partial charge on any atom is 0.238 e. The average Bonchev–Trinajstić information content (AvgIpc) is 3.27. The number of rotatable bonds is 6. The van der Waals surface area contributed by atoms with Gasteiger partial charge >= 0.3 is 0 Å². The van der Waals surface area contributed by atoms with Crippen molar-refractivity contribution in [3.05, 3.63) is 0 Å². The lowest BCUT2D eigenvalue weighted by Gasteiger charge is -2.36. The van der Waals surface area contributed by atoms with E-state index in [0.717, 1.165) is 25.7 Å². The minimum atomic E-state index is -1.22. The molecule has 0 atom stereocenters. The summed E-state index contributed by atoms with van der Waals surface area (Å²) in [5.41, 5.74) is -1.22. The van der Waals surface area contributed by atoms with Crippen LogP contribution in [0.2, 0.25) is 0 Å². The fraction of sp³-hybridized carbons (Fsp3) is 0.765. The van der Waals surface area contributed by atoms with Gasteiger partial charge < -0.3 is 9.80 Å². The van der Waals surface area contributed by atoms with Crippen LogP contribution in [0, 0.1) is 28.1 Å². The van der Waals surface area contributed by atoms with Gasteiger partial charge in [-0.15, -0.1) is 0 Å². The van der Waals surface area contributed by atoms with Crippen molar-refractivity contribution in [3.8, 4) is 12.1 Å². The third-order valence-electron chi connectivity index (χ3n) is 4.93. The molecule has 2 heterocycles. The van der Waals surface area contributed by atoms with Gasteiger partial charge in [-0.25, -0.2) is 0 Å². The molecule has 0 aliphatic carbocycles. The number of amides is 2. The summed E-state index contributed by atoms with van der Waals surface area (Å²) in [6.45, 7) is 2.69. The molecule has 124 valence electrons. The lowest BCUT2D eigenvalue weighted by atomic mass is 9.76. The zero-order valence-electron chi connectivity index (χ0n) is 13.6. The van der Waals surface area contributed by atoms with Crippen LogP contribution in [0.3, 0.4) is 0 Å². The average molecular weight is 316 g/mol. The Kier molecular flexibility index (Phi) is 5.98. The number of nitrogens with zero attached hydrogens (tertiary/aromatic N) is 4. The number of carbonyl (C=O) groups excluding carboxylic acids is 2. The normalized spacial score (nSPS) is 17.8. The summed E-state index contributed by atoms with van der Waals surface area (Å²) in [5, 5.41) is 18.0. The molecule has 2 saturated heterocycles. The molecule has 2 amide bonds. The van der Waals surface area contributed by atoms with Crippen molar-refractivity contribution >= 4 is 11.8 Å². The first kappa shape index (κ1) is 17.3. The molecule has 2 aliphatic rings. The number of carbonyl (C=O) groups is 2. The molecule has 2 fully saturated rings. The Morgan fingerprint density at radius 3 is 1.43 bits per heavy atom. The van der Waals surface area contributed by atoms with Crippen molar-refractivity contribution < 1.29 is 9.59 Å². The lowest BCUT2D eigenvalue weighted by Crippen LogP contribution is -2.53. The van der Waals surface area contributed by atoms with E-state index in [4.69, 9.17) is 10.5 Å². The molecular weight excluding hydrogens is 292 g/mol. The van der Waals surface area contributed by atoms with Crippen LogP contribution in [0.5, 0.6) is 0 Å². The Morgan fingerprint density at radius 1 is 0.783 bits per heavy atom. The standard InChI is InChI=1S/C17H24N4O2/c18-9-5-7-17(8-6-10-19,15(22)20-11-1-2-12-20)16(23)21-13-3-4-14-21/h1-8,11-14H2. The molecule has 0 spiro atoms. The van der Waals surface area contributed by atoms with Gasteiger partial charge in [0, 0.05) is 39.0 Å². The molecule has 2 rings (SSSR count). The molecule has 0 saturated carbocycles. The van der Waals surface area contributed by atoms with Gasteiger partial charge in [0.2, 0.25) is 11.8 Å². The summed E-state index contributed by atoms with van der Waals surface area (Å²) < 4.78 is 0. The van der Waals surface area contributed by atoms with E-state index in [1.165, 1.54) is 0 Å². The van der Waals surface area contributed by atoms with E-state index in [0.29, 0.717) is 26.2 Å². The predicted molar refractivity (Wildman–Crippen MR) is 83.8 cm³/mol. The molecule has 0 bridgehead atoms. The fourth-order valence-corrected chi connectivity index (χ4v) is 3.63. The van der Waals surface area contributed by atoms with Crippen LogP contribution < -0.4 is 0 Å². The van der Waals surface area contributed by atoms with Gasteiger partial charge in [-0.05, 0) is 38.5 Å². The third kappa shape index (κ3) is 3.64. The first-order valence-corrected chi connectivity index (χ1v) is 8.48. The molecule has 0 N–H and O–H groups in total. The summed E-state index contributed by atoms with van der Waals surface area (Å²) in [6.07, 6.45) is 4.57. The maximum absolute atomic E-state index is 13.1. The van der Waals surface area contributed by atoms with E-state index >= 15 is 0 Å². The van der Waals surface area contributed by atoms with Gasteiger partial charge in [0.05, 0.1) is 12.1 Å². The Bertz CT molecular complexity index is 472. The second kappa shape index (κ2) is 7.97. The largest absolute Gasteiger partial charge is 0.342 e. The highest BCUT2D eigenvalue weighted by Crippen LogP contribution is 2.36. The molecule has 0 radical (unpaired) electrons. The number of nitriles is 2. The van der Waals surface area contributed by atoms with Gasteiger partial charge in [-0.2, -0.15) is 10.5 Å². The zero-order chi connectivity index (χ0) is 16.7. The third-order valence-corrected chi connectivity index (χ3v) is 4.93. The summed E-state index contributed by atoms with van der Waals surface area (Å²) in [6, 6.07) is 4.13. The van der Waals surface area contributed by atoms with Crippen molar-refractivity contribution in [2.45, 2.75) is 51.4 Å². The van der Waals surface area contributed by atoms with Crippen LogP contribution >= 0.6 is 0 Å². The minimum absolute atomic E-state index is 0.157. The Morgan fingerprint density at radius 2 is 1.13 bits per heavy atom. The summed E-state index contributed by atoms with van der Waals surface area (Å²) >= 11 is 0. The second-order valence-corrected chi connectivity index (χ2v) is 6.40. The molecule has 6 heteroatoms. The molecular formula is C17H24N4O2. The highest BCUT2D eigenvalue weighted by Gasteiger charge is 2.49. The first-order valence-electron chi connectivity index (χ1n) is 8.48. The van der Waals surface area contributed by atoms with Gasteiger partial charge in [0.1, 0.15) is 5.41 Å². The highest BCUT2D eigenvalue weighted by atomic mass is 16.2. The maximum atomic E-state index is 13.1. The molecule has 23 heavy (non-hydrogen) atoms. The van der Waals surface area contributed by atoms with Crippen LogP contribution in [0.25, 0.3) is 0 Å². The predicted octanol–water partition coefficient (Wildman–Crippen LogP) is 1.83. The molecule has 6 nitrogen and oxygen atoms in total. The van der Waals surface area contributed by atoms with Gasteiger partial charge in [-0.3, -0.25) is 9.59 Å². The Balaban J connectivity index is 2.31. The van der Waals surface area contributed by atoms with Crippen molar-refractivity contribution in [1.82, 2.24) is 9.80 Å². The van der Waals surface area contributed by atoms with Crippen LogP contribution in [-0.2, 0) is 9.59 Å². The van der Waals surface area contributed by atoms with Crippen molar-refractivity contribution in [2.75, 3.05) is 26.2 Å². The minimum Gasteiger partial charge on any atom is -0.342 e. The van der Waals surface area contributed by atoms with E-state index in [-0.39, 0.29) is 37.5 Å². The number of likely N-dealkylation sites (tertiary alicyclic amines) is 2. The van der Waals surface area contributed by atoms with Gasteiger partial charge in [0.15, 0.2) is 0 Å². The van der Waals surface area contributed by atoms with Crippen LogP contribution in [-0.4, -0.2) is 47.8 Å². The van der Waals surface area contributed by atoms with Crippen molar-refractivity contribution in [2.24, 2.45) is 5.41 Å². The molecule has 0 aromatic rings. The summed E-state index contributed by atoms with van der Waals surface area (Å²) in [4.78, 5) is 29.8. The van der Waals surface area contributed by atoms with Gasteiger partial charge in [-0.1, -0.05) is 0 Å². The van der Waals surface area contributed by atoms with Crippen LogP contribution in [0.4, 0.5) is 0 Å². The first-order chi connectivity index (χ1) is 11.2. The quantitative estimate of drug-likeness (QED) is 0.699. The molecule has 0 unspecified atom stereocenters. The van der Waals surface area contributed by atoms with E-state index < -0.39 is 5.41 Å². The number of hydrogen-bond donors (Lipinski definition) is 0. The van der Waals surface area contributed by atoms with Crippen LogP contribution in [0.1, 0.15) is 51.4 Å². The SMILES string of the molecule is N#CCCC(CCC#N)(C(=O)N1CCCC1)C(=O)N1CCCC1. The van der Waals surface area contributed by atoms with E-state index in [1.54, 1.807) is 9.80 Å². The second-order valence-electron chi connectivity index (χ2n) is 6.40. The molecule has 0 aromatic heterocycles. The van der Waals surface area contributed by atoms with E-state index in [2.05, 4.69) is 12.1 Å². The Hall–Kier alpha value is -2.08. The van der Waals surface area contributed by atoms with E-state index in [9.17, 15) is 9.59 Å². The van der Waals surface area contributed by atoms with E-state index in [1.807, 2.05) is 0 Å². The lowest BCUT2D eigenvalue weighted by molar-refractivity contribution is -0.156. The topological polar surface area (TPSA) is 88.2 Å². The summed E-state index contributed by atoms with van der Waals surface area (Å²) in [7, 11) is 0. The highest BCUT2D eigenvalue weighted by molar-refractivity contribution is 6.05. The zero-order valence-corrected chi connectivity index (χ0v) is 13.6. The molecule has 0 aromatic carbocycles. The summed E-state index contributed by atoms with van der Waals surface area (Å²) in [5.74, 6) is -0.338. The van der Waals surface area contributed by atoms with Crippen molar-refractivity contribution in [3.63, 3.8) is 0 Å². The monoisotopic (exact) mass is 316 g/mol. The fourth-order valence-electron chi connectivity index (χ4n) is 3.63. The molecule has 2 aliphatic heterocycles. The van der Waals surface area contributed by atoms with Crippen LogP contribution in [0.15, 0.2) is 0 Å². The van der Waals surface area contributed by atoms with Gasteiger partial charge in [0.25, 0.3) is 0 Å². The Labute approximate surface area is 137 Å². The number of hydrogen-bond acceptors (Lipinski definition) is 4. The van der Waals surface area contributed by atoms with Crippen molar-refractivity contribution in [1.29, 1.82) is 10.5 Å².